The highest BCUT2D eigenvalue weighted by Crippen LogP contribution is 2.33. The van der Waals surface area contributed by atoms with Gasteiger partial charge in [0.25, 0.3) is 5.91 Å². The van der Waals surface area contributed by atoms with E-state index in [1.807, 2.05) is 35.7 Å². The smallest absolute Gasteiger partial charge is 0.288 e. The highest BCUT2D eigenvalue weighted by Gasteiger charge is 2.31. The van der Waals surface area contributed by atoms with Gasteiger partial charge in [0, 0.05) is 25.4 Å². The Labute approximate surface area is 174 Å². The van der Waals surface area contributed by atoms with Gasteiger partial charge < -0.3 is 24.2 Å². The van der Waals surface area contributed by atoms with Crippen molar-refractivity contribution >= 4 is 17.2 Å². The summed E-state index contributed by atoms with van der Waals surface area (Å²) < 4.78 is 17.3. The van der Waals surface area contributed by atoms with Crippen LogP contribution in [0.1, 0.15) is 29.0 Å². The molecule has 4 rings (SSSR count). The first kappa shape index (κ1) is 20.1. The van der Waals surface area contributed by atoms with Crippen molar-refractivity contribution in [2.45, 2.75) is 31.8 Å². The van der Waals surface area contributed by atoms with Crippen LogP contribution in [0, 0.1) is 0 Å². The van der Waals surface area contributed by atoms with E-state index in [4.69, 9.17) is 14.2 Å². The van der Waals surface area contributed by atoms with Crippen molar-refractivity contribution in [2.75, 3.05) is 26.3 Å². The lowest BCUT2D eigenvalue weighted by Crippen LogP contribution is -2.43. The minimum absolute atomic E-state index is 0.0208. The maximum Gasteiger partial charge on any atom is 0.288 e. The molecular weight excluding hydrogens is 390 g/mol. The minimum atomic E-state index is -0.498. The van der Waals surface area contributed by atoms with Crippen LogP contribution in [0.2, 0.25) is 0 Å². The molecule has 1 N–H and O–H groups in total. The van der Waals surface area contributed by atoms with Crippen LogP contribution in [0.4, 0.5) is 0 Å². The third kappa shape index (κ3) is 5.05. The maximum absolute atomic E-state index is 13.0. The summed E-state index contributed by atoms with van der Waals surface area (Å²) in [7, 11) is 0. The number of carbonyl (C=O) groups excluding carboxylic acids is 1. The molecule has 0 saturated carbocycles. The third-order valence-corrected chi connectivity index (χ3v) is 5.88. The Balaban J connectivity index is 1.46. The number of hydrogen-bond acceptors (Lipinski definition) is 6. The number of carbonyl (C=O) groups is 1. The van der Waals surface area contributed by atoms with Gasteiger partial charge in [-0.2, -0.15) is 11.3 Å². The van der Waals surface area contributed by atoms with Crippen LogP contribution < -0.4 is 0 Å². The second-order valence-corrected chi connectivity index (χ2v) is 7.95. The molecule has 0 radical (unpaired) electrons. The van der Waals surface area contributed by atoms with Crippen molar-refractivity contribution in [3.63, 3.8) is 0 Å². The Morgan fingerprint density at radius 2 is 1.93 bits per heavy atom. The average molecular weight is 416 g/mol. The fourth-order valence-corrected chi connectivity index (χ4v) is 4.21. The molecule has 0 bridgehead atoms. The molecule has 2 aliphatic rings. The van der Waals surface area contributed by atoms with E-state index in [0.717, 1.165) is 11.1 Å². The standard InChI is InChI=1S/C22H25NO5S/c24-13-16-1-3-17(4-2-16)14-27-21-12-19(18-5-10-29-15-18)11-20(28-21)22(25)23-6-8-26-9-7-23/h1-5,10-11,15,19,21,24H,6-9,12-14H2. The van der Waals surface area contributed by atoms with Gasteiger partial charge in [-0.3, -0.25) is 4.79 Å². The van der Waals surface area contributed by atoms with Gasteiger partial charge in [-0.15, -0.1) is 0 Å². The molecule has 1 fully saturated rings. The molecule has 0 spiro atoms. The van der Waals surface area contributed by atoms with E-state index in [9.17, 15) is 9.90 Å². The molecule has 6 nitrogen and oxygen atoms in total. The number of aliphatic hydroxyl groups excluding tert-OH is 1. The van der Waals surface area contributed by atoms with Gasteiger partial charge in [0.15, 0.2) is 5.76 Å². The summed E-state index contributed by atoms with van der Waals surface area (Å²) in [5.41, 5.74) is 3.03. The van der Waals surface area contributed by atoms with Crippen molar-refractivity contribution in [2.24, 2.45) is 0 Å². The Bertz CT molecular complexity index is 827. The van der Waals surface area contributed by atoms with Gasteiger partial charge in [-0.05, 0) is 39.6 Å². The van der Waals surface area contributed by atoms with Gasteiger partial charge in [0.1, 0.15) is 0 Å². The summed E-state index contributed by atoms with van der Waals surface area (Å²) >= 11 is 1.64. The maximum atomic E-state index is 13.0. The zero-order valence-corrected chi connectivity index (χ0v) is 17.0. The number of amides is 1. The van der Waals surface area contributed by atoms with Gasteiger partial charge in [-0.1, -0.05) is 24.3 Å². The second-order valence-electron chi connectivity index (χ2n) is 7.17. The average Bonchev–Trinajstić information content (AvgIpc) is 3.33. The minimum Gasteiger partial charge on any atom is -0.459 e. The zero-order chi connectivity index (χ0) is 20.1. The first-order chi connectivity index (χ1) is 14.2. The van der Waals surface area contributed by atoms with E-state index in [1.54, 1.807) is 16.2 Å². The zero-order valence-electron chi connectivity index (χ0n) is 16.2. The van der Waals surface area contributed by atoms with Crippen LogP contribution >= 0.6 is 11.3 Å². The van der Waals surface area contributed by atoms with E-state index < -0.39 is 6.29 Å². The molecule has 2 atom stereocenters. The molecule has 0 aliphatic carbocycles. The quantitative estimate of drug-likeness (QED) is 0.786. The number of morpholine rings is 1. The SMILES string of the molecule is O=C(C1=CC(c2ccsc2)CC(OCc2ccc(CO)cc2)O1)N1CCOCC1. The van der Waals surface area contributed by atoms with E-state index in [1.165, 1.54) is 5.56 Å². The second kappa shape index (κ2) is 9.54. The van der Waals surface area contributed by atoms with Gasteiger partial charge in [0.2, 0.25) is 6.29 Å². The summed E-state index contributed by atoms with van der Waals surface area (Å²) in [5, 5.41) is 13.3. The van der Waals surface area contributed by atoms with E-state index in [-0.39, 0.29) is 18.4 Å². The van der Waals surface area contributed by atoms with E-state index in [0.29, 0.717) is 45.1 Å². The number of thiophene rings is 1. The number of nitrogens with zero attached hydrogens (tertiary/aromatic N) is 1. The third-order valence-electron chi connectivity index (χ3n) is 5.18. The van der Waals surface area contributed by atoms with Gasteiger partial charge in [-0.25, -0.2) is 0 Å². The lowest BCUT2D eigenvalue weighted by atomic mass is 9.95. The molecule has 1 amide bonds. The predicted molar refractivity (Wildman–Crippen MR) is 109 cm³/mol. The monoisotopic (exact) mass is 415 g/mol. The van der Waals surface area contributed by atoms with Crippen LogP contribution in [0.15, 0.2) is 52.9 Å². The number of allylic oxidation sites excluding steroid dienone is 1. The van der Waals surface area contributed by atoms with Crippen molar-refractivity contribution < 1.29 is 24.1 Å². The van der Waals surface area contributed by atoms with Crippen molar-refractivity contribution in [1.29, 1.82) is 0 Å². The number of ether oxygens (including phenoxy) is 3. The van der Waals surface area contributed by atoms with Gasteiger partial charge >= 0.3 is 0 Å². The highest BCUT2D eigenvalue weighted by molar-refractivity contribution is 7.08. The van der Waals surface area contributed by atoms with Crippen LogP contribution in [-0.4, -0.2) is 48.5 Å². The fraction of sp³-hybridized carbons (Fsp3) is 0.409. The summed E-state index contributed by atoms with van der Waals surface area (Å²) in [6.45, 7) is 2.66. The molecule has 1 saturated heterocycles. The molecule has 3 heterocycles. The summed E-state index contributed by atoms with van der Waals surface area (Å²) in [4.78, 5) is 14.7. The number of rotatable bonds is 6. The van der Waals surface area contributed by atoms with Crippen molar-refractivity contribution in [3.05, 3.63) is 69.6 Å². The molecule has 2 aromatic rings. The van der Waals surface area contributed by atoms with Crippen molar-refractivity contribution in [1.82, 2.24) is 4.90 Å². The molecule has 1 aromatic carbocycles. The lowest BCUT2D eigenvalue weighted by molar-refractivity contribution is -0.158. The largest absolute Gasteiger partial charge is 0.459 e. The first-order valence-corrected chi connectivity index (χ1v) is 10.7. The molecular formula is C22H25NO5S. The first-order valence-electron chi connectivity index (χ1n) is 9.81. The topological polar surface area (TPSA) is 68.2 Å². The summed E-state index contributed by atoms with van der Waals surface area (Å²) in [6.07, 6.45) is 2.09. The molecule has 2 aliphatic heterocycles. The lowest BCUT2D eigenvalue weighted by Gasteiger charge is -2.32. The molecule has 2 unspecified atom stereocenters. The van der Waals surface area contributed by atoms with E-state index in [2.05, 4.69) is 11.4 Å². The predicted octanol–water partition coefficient (Wildman–Crippen LogP) is 3.03. The van der Waals surface area contributed by atoms with Crippen LogP contribution in [0.25, 0.3) is 0 Å². The Morgan fingerprint density at radius 1 is 1.17 bits per heavy atom. The number of aliphatic hydroxyl groups is 1. The summed E-state index contributed by atoms with van der Waals surface area (Å²) in [6, 6.07) is 9.70. The summed E-state index contributed by atoms with van der Waals surface area (Å²) in [5.74, 6) is 0.334. The highest BCUT2D eigenvalue weighted by atomic mass is 32.1. The molecule has 154 valence electrons. The van der Waals surface area contributed by atoms with Crippen molar-refractivity contribution in [3.8, 4) is 0 Å². The van der Waals surface area contributed by atoms with Crippen LogP contribution in [0.5, 0.6) is 0 Å². The number of hydrogen-bond donors (Lipinski definition) is 1. The van der Waals surface area contributed by atoms with Gasteiger partial charge in [0.05, 0.1) is 26.4 Å². The Morgan fingerprint density at radius 3 is 2.62 bits per heavy atom. The Kier molecular flexibility index (Phi) is 6.61. The normalized spacial score (nSPS) is 22.1. The van der Waals surface area contributed by atoms with Crippen LogP contribution in [-0.2, 0) is 32.2 Å². The Hall–Kier alpha value is -2.19. The number of benzene rings is 1. The van der Waals surface area contributed by atoms with E-state index >= 15 is 0 Å². The molecule has 7 heteroatoms. The van der Waals surface area contributed by atoms with Crippen LogP contribution in [0.3, 0.4) is 0 Å². The molecule has 29 heavy (non-hydrogen) atoms. The fourth-order valence-electron chi connectivity index (χ4n) is 3.48. The molecule has 1 aromatic heterocycles.